The van der Waals surface area contributed by atoms with Crippen molar-refractivity contribution in [2.45, 2.75) is 139 Å². The van der Waals surface area contributed by atoms with Crippen LogP contribution in [0.4, 0.5) is 0 Å². The summed E-state index contributed by atoms with van der Waals surface area (Å²) in [4.78, 5) is 13.9. The van der Waals surface area contributed by atoms with Crippen LogP contribution in [0.3, 0.4) is 0 Å². The Bertz CT molecular complexity index is 1150. The highest BCUT2D eigenvalue weighted by atomic mass is 16.7. The van der Waals surface area contributed by atoms with E-state index in [1.165, 1.54) is 0 Å². The van der Waals surface area contributed by atoms with E-state index in [1.54, 1.807) is 0 Å². The molecular formula is C32H50O13. The van der Waals surface area contributed by atoms with E-state index < -0.39 is 91.6 Å². The van der Waals surface area contributed by atoms with Crippen LogP contribution >= 0.6 is 0 Å². The largest absolute Gasteiger partial charge is 0.432 e. The maximum Gasteiger partial charge on any atom is 0.314 e. The number of aliphatic hydroxyl groups excluding tert-OH is 8. The van der Waals surface area contributed by atoms with Crippen molar-refractivity contribution in [1.29, 1.82) is 0 Å². The van der Waals surface area contributed by atoms with Gasteiger partial charge in [-0.1, -0.05) is 19.9 Å². The van der Waals surface area contributed by atoms with E-state index in [4.69, 9.17) is 18.9 Å². The molecule has 0 aromatic rings. The van der Waals surface area contributed by atoms with Crippen molar-refractivity contribution in [3.05, 3.63) is 12.2 Å². The highest BCUT2D eigenvalue weighted by molar-refractivity contribution is 5.77. The molecule has 8 N–H and O–H groups in total. The summed E-state index contributed by atoms with van der Waals surface area (Å²) >= 11 is 0. The number of ether oxygens (including phenoxy) is 4. The molecule has 45 heavy (non-hydrogen) atoms. The first-order valence-electron chi connectivity index (χ1n) is 16.3. The molecule has 2 saturated heterocycles. The van der Waals surface area contributed by atoms with Gasteiger partial charge in [-0.05, 0) is 86.5 Å². The number of carbonyl (C=O) groups excluding carboxylic acids is 1. The number of fused-ring (bicyclic) bond motifs is 3. The van der Waals surface area contributed by atoms with Gasteiger partial charge >= 0.3 is 5.97 Å². The van der Waals surface area contributed by atoms with Crippen LogP contribution in [0.2, 0.25) is 0 Å². The second-order valence-electron chi connectivity index (χ2n) is 15.2. The van der Waals surface area contributed by atoms with Gasteiger partial charge in [0.25, 0.3) is 0 Å². The molecule has 0 unspecified atom stereocenters. The Kier molecular flexibility index (Phi) is 8.77. The lowest BCUT2D eigenvalue weighted by atomic mass is 9.41. The maximum absolute atomic E-state index is 13.9. The fraction of sp³-hybridized carbons (Fsp3) is 0.906. The van der Waals surface area contributed by atoms with Gasteiger partial charge in [0, 0.05) is 0 Å². The lowest BCUT2D eigenvalue weighted by molar-refractivity contribution is -0.327. The van der Waals surface area contributed by atoms with E-state index >= 15 is 0 Å². The Morgan fingerprint density at radius 2 is 1.38 bits per heavy atom. The number of aliphatic hydroxyl groups is 8. The van der Waals surface area contributed by atoms with Crippen LogP contribution in [0.15, 0.2) is 12.2 Å². The fourth-order valence-corrected chi connectivity index (χ4v) is 10.5. The van der Waals surface area contributed by atoms with Gasteiger partial charge in [0.1, 0.15) is 48.8 Å². The predicted octanol–water partition coefficient (Wildman–Crippen LogP) is -0.762. The molecule has 4 saturated carbocycles. The van der Waals surface area contributed by atoms with Gasteiger partial charge in [0.15, 0.2) is 6.29 Å². The normalized spacial score (nSPS) is 54.7. The molecule has 0 aromatic carbocycles. The van der Waals surface area contributed by atoms with Gasteiger partial charge in [-0.3, -0.25) is 4.79 Å². The number of hydrogen-bond acceptors (Lipinski definition) is 13. The van der Waals surface area contributed by atoms with Crippen molar-refractivity contribution in [3.8, 4) is 0 Å². The zero-order valence-electron chi connectivity index (χ0n) is 26.0. The summed E-state index contributed by atoms with van der Waals surface area (Å²) in [5.41, 5.74) is -1.20. The zero-order chi connectivity index (χ0) is 32.7. The Morgan fingerprint density at radius 3 is 2.00 bits per heavy atom. The minimum Gasteiger partial charge on any atom is -0.432 e. The van der Waals surface area contributed by atoms with Crippen molar-refractivity contribution in [1.82, 2.24) is 0 Å². The molecule has 6 fully saturated rings. The lowest BCUT2D eigenvalue weighted by Gasteiger charge is -2.64. The van der Waals surface area contributed by atoms with Crippen molar-refractivity contribution in [2.75, 3.05) is 13.2 Å². The van der Waals surface area contributed by atoms with Gasteiger partial charge in [0.05, 0.1) is 24.2 Å². The van der Waals surface area contributed by atoms with Crippen molar-refractivity contribution in [2.24, 2.45) is 28.1 Å². The van der Waals surface area contributed by atoms with E-state index in [0.29, 0.717) is 25.7 Å². The van der Waals surface area contributed by atoms with Crippen LogP contribution in [0.1, 0.15) is 71.6 Å². The molecule has 16 atom stereocenters. The minimum atomic E-state index is -1.67. The molecule has 0 aromatic heterocycles. The first-order valence-corrected chi connectivity index (χ1v) is 16.3. The first-order chi connectivity index (χ1) is 21.2. The first kappa shape index (κ1) is 33.7. The Hall–Kier alpha value is -1.23. The van der Waals surface area contributed by atoms with E-state index in [9.17, 15) is 45.6 Å². The second kappa shape index (κ2) is 11.7. The van der Waals surface area contributed by atoms with Gasteiger partial charge in [-0.25, -0.2) is 0 Å². The summed E-state index contributed by atoms with van der Waals surface area (Å²) < 4.78 is 23.4. The second-order valence-corrected chi connectivity index (χ2v) is 15.2. The Balaban J connectivity index is 1.20. The van der Waals surface area contributed by atoms with Crippen molar-refractivity contribution >= 4 is 5.97 Å². The summed E-state index contributed by atoms with van der Waals surface area (Å²) in [5.74, 6) is -0.348. The quantitative estimate of drug-likeness (QED) is 0.102. The van der Waals surface area contributed by atoms with Gasteiger partial charge in [-0.2, -0.15) is 0 Å². The van der Waals surface area contributed by atoms with Crippen LogP contribution in [-0.4, -0.2) is 127 Å². The molecule has 13 nitrogen and oxygen atoms in total. The summed E-state index contributed by atoms with van der Waals surface area (Å²) in [6.45, 7) is 7.41. The van der Waals surface area contributed by atoms with Gasteiger partial charge < -0.3 is 59.8 Å². The average molecular weight is 643 g/mol. The van der Waals surface area contributed by atoms with Gasteiger partial charge in [0.2, 0.25) is 6.29 Å². The summed E-state index contributed by atoms with van der Waals surface area (Å²) in [7, 11) is 0. The molecule has 2 aliphatic heterocycles. The van der Waals surface area contributed by atoms with Crippen LogP contribution in [0, 0.1) is 28.1 Å². The topological polar surface area (TPSA) is 216 Å². The standard InChI is InChI=1S/C32H50O13/c1-15-11-31-9-5-18-29(2,7-4-8-30(18,3)28(41)44-26-24(39)22(37)20(35)16(12-33)42-26)19(31)6-10-32(15,14-31)45-27-25(40)23(38)21(36)17(13-34)43-27/h16-27,33-40H,1,4-14H2,2-3H3/t16-,17-,18-,19-,20+,21+,22+,23+,24+,25-,26-,27-,29+,30+,31+,32-/m1/s1. The zero-order valence-corrected chi connectivity index (χ0v) is 26.0. The third kappa shape index (κ3) is 5.04. The molecule has 2 bridgehead atoms. The molecule has 6 rings (SSSR count). The molecule has 2 heterocycles. The maximum atomic E-state index is 13.9. The minimum absolute atomic E-state index is 0.0421. The fourth-order valence-electron chi connectivity index (χ4n) is 10.5. The Labute approximate surface area is 262 Å². The van der Waals surface area contributed by atoms with Crippen LogP contribution < -0.4 is 0 Å². The number of carbonyl (C=O) groups is 1. The molecular weight excluding hydrogens is 592 g/mol. The summed E-state index contributed by atoms with van der Waals surface area (Å²) in [5, 5.41) is 81.4. The van der Waals surface area contributed by atoms with Crippen LogP contribution in [0.25, 0.3) is 0 Å². The molecule has 4 aliphatic carbocycles. The van der Waals surface area contributed by atoms with Crippen LogP contribution in [-0.2, 0) is 23.7 Å². The summed E-state index contributed by atoms with van der Waals surface area (Å²) in [6, 6.07) is 0. The predicted molar refractivity (Wildman–Crippen MR) is 154 cm³/mol. The molecule has 6 aliphatic rings. The van der Waals surface area contributed by atoms with Crippen LogP contribution in [0.5, 0.6) is 0 Å². The smallest absolute Gasteiger partial charge is 0.314 e. The van der Waals surface area contributed by atoms with E-state index in [1.807, 2.05) is 6.92 Å². The highest BCUT2D eigenvalue weighted by Gasteiger charge is 2.69. The van der Waals surface area contributed by atoms with E-state index in [0.717, 1.165) is 37.7 Å². The monoisotopic (exact) mass is 642 g/mol. The van der Waals surface area contributed by atoms with E-state index in [2.05, 4.69) is 13.5 Å². The molecule has 0 radical (unpaired) electrons. The third-order valence-corrected chi connectivity index (χ3v) is 12.9. The highest BCUT2D eigenvalue weighted by Crippen LogP contribution is 2.73. The number of rotatable bonds is 6. The Morgan fingerprint density at radius 1 is 0.800 bits per heavy atom. The lowest BCUT2D eigenvalue weighted by Crippen LogP contribution is -2.63. The SMILES string of the molecule is C=C1C[C@]23CC[C@@H]4[C@](C)(CCC[C@]4(C)C(=O)O[C@H]4O[C@H](CO)[C@H](O)[C@H](O)[C@@H]4O)[C@H]2CC[C@@]1(O[C@H]1O[C@H](CO)[C@H](O)[C@H](O)[C@H]1O)C3. The molecule has 256 valence electrons. The van der Waals surface area contributed by atoms with E-state index in [-0.39, 0.29) is 22.7 Å². The van der Waals surface area contributed by atoms with Crippen molar-refractivity contribution in [3.63, 3.8) is 0 Å². The van der Waals surface area contributed by atoms with Crippen molar-refractivity contribution < 1.29 is 64.6 Å². The average Bonchev–Trinajstić information content (AvgIpc) is 3.20. The number of hydrogen-bond donors (Lipinski definition) is 8. The molecule has 0 amide bonds. The molecule has 13 heteroatoms. The molecule has 1 spiro atoms. The van der Waals surface area contributed by atoms with Gasteiger partial charge in [-0.15, -0.1) is 0 Å². The third-order valence-electron chi connectivity index (χ3n) is 12.9. The summed E-state index contributed by atoms with van der Waals surface area (Å²) in [6.07, 6.45) is -7.82. The number of esters is 1.